The highest BCUT2D eigenvalue weighted by Crippen LogP contribution is 2.14. The topological polar surface area (TPSA) is 15.3 Å². The molecule has 1 saturated heterocycles. The summed E-state index contributed by atoms with van der Waals surface area (Å²) in [5.41, 5.74) is 4.14. The van der Waals surface area contributed by atoms with E-state index >= 15 is 0 Å². The zero-order valence-corrected chi connectivity index (χ0v) is 13.5. The van der Waals surface area contributed by atoms with E-state index in [0.717, 1.165) is 13.1 Å². The Balaban J connectivity index is 1.41. The third-order valence-corrected chi connectivity index (χ3v) is 4.55. The van der Waals surface area contributed by atoms with E-state index < -0.39 is 0 Å². The largest absolute Gasteiger partial charge is 0.310 e. The van der Waals surface area contributed by atoms with Gasteiger partial charge in [0.25, 0.3) is 0 Å². The van der Waals surface area contributed by atoms with E-state index in [1.54, 1.807) is 0 Å². The van der Waals surface area contributed by atoms with Crippen molar-refractivity contribution in [2.24, 2.45) is 0 Å². The Hall–Kier alpha value is -1.64. The molecule has 1 N–H and O–H groups in total. The molecule has 1 heterocycles. The lowest BCUT2D eigenvalue weighted by Gasteiger charge is -2.32. The van der Waals surface area contributed by atoms with E-state index in [1.165, 1.54) is 42.6 Å². The van der Waals surface area contributed by atoms with Gasteiger partial charge in [0.2, 0.25) is 0 Å². The summed E-state index contributed by atoms with van der Waals surface area (Å²) >= 11 is 0. The number of aryl methyl sites for hydroxylation is 1. The second kappa shape index (κ2) is 7.57. The summed E-state index contributed by atoms with van der Waals surface area (Å²) in [4.78, 5) is 2.57. The first-order valence-corrected chi connectivity index (χ1v) is 8.35. The molecule has 0 spiro atoms. The summed E-state index contributed by atoms with van der Waals surface area (Å²) in [5, 5.41) is 3.72. The molecular formula is C20H26N2. The van der Waals surface area contributed by atoms with Gasteiger partial charge in [0.1, 0.15) is 0 Å². The van der Waals surface area contributed by atoms with E-state index in [2.05, 4.69) is 71.7 Å². The molecule has 1 aliphatic heterocycles. The van der Waals surface area contributed by atoms with Crippen molar-refractivity contribution in [1.82, 2.24) is 10.2 Å². The maximum absolute atomic E-state index is 3.72. The maximum atomic E-state index is 3.72. The third kappa shape index (κ3) is 4.43. The summed E-state index contributed by atoms with van der Waals surface area (Å²) in [7, 11) is 0. The minimum Gasteiger partial charge on any atom is -0.310 e. The monoisotopic (exact) mass is 294 g/mol. The quantitative estimate of drug-likeness (QED) is 0.903. The zero-order chi connectivity index (χ0) is 15.2. The molecule has 0 aromatic heterocycles. The lowest BCUT2D eigenvalue weighted by Crippen LogP contribution is -2.41. The van der Waals surface area contributed by atoms with Gasteiger partial charge < -0.3 is 5.32 Å². The Morgan fingerprint density at radius 1 is 0.909 bits per heavy atom. The van der Waals surface area contributed by atoms with Crippen LogP contribution in [0.2, 0.25) is 0 Å². The van der Waals surface area contributed by atoms with Gasteiger partial charge in [-0.15, -0.1) is 0 Å². The molecule has 2 heteroatoms. The molecule has 0 bridgehead atoms. The van der Waals surface area contributed by atoms with Gasteiger partial charge in [-0.1, -0.05) is 60.2 Å². The van der Waals surface area contributed by atoms with Gasteiger partial charge in [-0.3, -0.25) is 4.90 Å². The Morgan fingerprint density at radius 3 is 2.27 bits per heavy atom. The Kier molecular flexibility index (Phi) is 5.25. The molecule has 3 rings (SSSR count). The second-order valence-corrected chi connectivity index (χ2v) is 6.40. The van der Waals surface area contributed by atoms with E-state index in [4.69, 9.17) is 0 Å². The van der Waals surface area contributed by atoms with E-state index in [0.29, 0.717) is 6.04 Å². The normalized spacial score (nSPS) is 16.8. The van der Waals surface area contributed by atoms with E-state index in [-0.39, 0.29) is 0 Å². The van der Waals surface area contributed by atoms with Crippen LogP contribution in [0.15, 0.2) is 54.6 Å². The maximum Gasteiger partial charge on any atom is 0.0233 e. The van der Waals surface area contributed by atoms with Crippen LogP contribution in [0.4, 0.5) is 0 Å². The summed E-state index contributed by atoms with van der Waals surface area (Å²) in [6.45, 7) is 6.61. The van der Waals surface area contributed by atoms with Crippen molar-refractivity contribution < 1.29 is 0 Å². The molecule has 0 amide bonds. The van der Waals surface area contributed by atoms with Gasteiger partial charge in [-0.05, 0) is 44.0 Å². The van der Waals surface area contributed by atoms with Crippen LogP contribution < -0.4 is 5.32 Å². The number of hydrogen-bond acceptors (Lipinski definition) is 2. The first kappa shape index (κ1) is 15.3. The number of piperidine rings is 1. The van der Waals surface area contributed by atoms with Crippen molar-refractivity contribution in [3.8, 4) is 0 Å². The van der Waals surface area contributed by atoms with Gasteiger partial charge in [-0.25, -0.2) is 0 Å². The minimum absolute atomic E-state index is 0.660. The van der Waals surface area contributed by atoms with Gasteiger partial charge >= 0.3 is 0 Å². The molecule has 0 saturated carbocycles. The fourth-order valence-electron chi connectivity index (χ4n) is 3.10. The number of likely N-dealkylation sites (tertiary alicyclic amines) is 1. The summed E-state index contributed by atoms with van der Waals surface area (Å²) < 4.78 is 0. The van der Waals surface area contributed by atoms with Crippen LogP contribution in [0.5, 0.6) is 0 Å². The highest BCUT2D eigenvalue weighted by molar-refractivity contribution is 5.21. The SMILES string of the molecule is Cc1ccc(CNC2CCN(Cc3ccccc3)CC2)cc1. The molecule has 116 valence electrons. The average molecular weight is 294 g/mol. The van der Waals surface area contributed by atoms with Crippen molar-refractivity contribution in [1.29, 1.82) is 0 Å². The first-order valence-electron chi connectivity index (χ1n) is 8.35. The molecular weight excluding hydrogens is 268 g/mol. The minimum atomic E-state index is 0.660. The second-order valence-electron chi connectivity index (χ2n) is 6.40. The van der Waals surface area contributed by atoms with Crippen LogP contribution in [0, 0.1) is 6.92 Å². The van der Waals surface area contributed by atoms with Crippen molar-refractivity contribution in [3.63, 3.8) is 0 Å². The average Bonchev–Trinajstić information content (AvgIpc) is 2.57. The number of hydrogen-bond donors (Lipinski definition) is 1. The van der Waals surface area contributed by atoms with Crippen LogP contribution in [-0.2, 0) is 13.1 Å². The van der Waals surface area contributed by atoms with Crippen molar-refractivity contribution >= 4 is 0 Å². The molecule has 1 fully saturated rings. The van der Waals surface area contributed by atoms with E-state index in [1.807, 2.05) is 0 Å². The number of nitrogens with zero attached hydrogens (tertiary/aromatic N) is 1. The standard InChI is InChI=1S/C20H26N2/c1-17-7-9-18(10-8-17)15-21-20-11-13-22(14-12-20)16-19-5-3-2-4-6-19/h2-10,20-21H,11-16H2,1H3. The highest BCUT2D eigenvalue weighted by Gasteiger charge is 2.18. The molecule has 2 aromatic rings. The molecule has 0 atom stereocenters. The van der Waals surface area contributed by atoms with E-state index in [9.17, 15) is 0 Å². The zero-order valence-electron chi connectivity index (χ0n) is 13.5. The molecule has 0 unspecified atom stereocenters. The lowest BCUT2D eigenvalue weighted by atomic mass is 10.0. The molecule has 0 aliphatic carbocycles. The van der Waals surface area contributed by atoms with Crippen LogP contribution in [-0.4, -0.2) is 24.0 Å². The van der Waals surface area contributed by atoms with Crippen molar-refractivity contribution in [2.45, 2.75) is 38.9 Å². The van der Waals surface area contributed by atoms with Crippen LogP contribution in [0.25, 0.3) is 0 Å². The molecule has 2 aromatic carbocycles. The Bertz CT molecular complexity index is 554. The van der Waals surface area contributed by atoms with Gasteiger partial charge in [-0.2, -0.15) is 0 Å². The number of rotatable bonds is 5. The Labute approximate surface area is 134 Å². The van der Waals surface area contributed by atoms with Gasteiger partial charge in [0.05, 0.1) is 0 Å². The third-order valence-electron chi connectivity index (χ3n) is 4.55. The lowest BCUT2D eigenvalue weighted by molar-refractivity contribution is 0.190. The van der Waals surface area contributed by atoms with Crippen molar-refractivity contribution in [3.05, 3.63) is 71.3 Å². The highest BCUT2D eigenvalue weighted by atomic mass is 15.1. The van der Waals surface area contributed by atoms with Crippen LogP contribution in [0.3, 0.4) is 0 Å². The summed E-state index contributed by atoms with van der Waals surface area (Å²) in [6.07, 6.45) is 2.50. The summed E-state index contributed by atoms with van der Waals surface area (Å²) in [5.74, 6) is 0. The molecule has 2 nitrogen and oxygen atoms in total. The predicted octanol–water partition coefficient (Wildman–Crippen LogP) is 3.75. The Morgan fingerprint density at radius 2 is 1.59 bits per heavy atom. The summed E-state index contributed by atoms with van der Waals surface area (Å²) in [6, 6.07) is 20.3. The van der Waals surface area contributed by atoms with Gasteiger partial charge in [0.15, 0.2) is 0 Å². The fourth-order valence-corrected chi connectivity index (χ4v) is 3.10. The number of nitrogens with one attached hydrogen (secondary N) is 1. The molecule has 22 heavy (non-hydrogen) atoms. The molecule has 0 radical (unpaired) electrons. The number of benzene rings is 2. The fraction of sp³-hybridized carbons (Fsp3) is 0.400. The predicted molar refractivity (Wildman–Crippen MR) is 92.8 cm³/mol. The van der Waals surface area contributed by atoms with Crippen LogP contribution in [0.1, 0.15) is 29.5 Å². The van der Waals surface area contributed by atoms with Gasteiger partial charge in [0, 0.05) is 19.1 Å². The van der Waals surface area contributed by atoms with Crippen molar-refractivity contribution in [2.75, 3.05) is 13.1 Å². The first-order chi connectivity index (χ1) is 10.8. The molecule has 1 aliphatic rings. The smallest absolute Gasteiger partial charge is 0.0233 e. The van der Waals surface area contributed by atoms with Crippen LogP contribution >= 0.6 is 0 Å².